The van der Waals surface area contributed by atoms with Crippen molar-refractivity contribution in [1.82, 2.24) is 10.3 Å². The van der Waals surface area contributed by atoms with E-state index in [4.69, 9.17) is 14.5 Å². The van der Waals surface area contributed by atoms with E-state index in [1.165, 1.54) is 16.5 Å². The lowest BCUT2D eigenvalue weighted by Gasteiger charge is -2.36. The first-order valence-corrected chi connectivity index (χ1v) is 11.0. The smallest absolute Gasteiger partial charge is 0.133 e. The van der Waals surface area contributed by atoms with Crippen molar-refractivity contribution in [3.63, 3.8) is 0 Å². The minimum atomic E-state index is 0.358. The number of benzene rings is 2. The summed E-state index contributed by atoms with van der Waals surface area (Å²) in [6, 6.07) is 21.6. The summed E-state index contributed by atoms with van der Waals surface area (Å²) in [5, 5.41) is 4.93. The number of anilines is 1. The zero-order chi connectivity index (χ0) is 20.2. The molecule has 2 aromatic carbocycles. The second-order valence-electron chi connectivity index (χ2n) is 8.23. The molecule has 156 valence electrons. The average Bonchev–Trinajstić information content (AvgIpc) is 2.78. The number of nitrogens with one attached hydrogen (secondary N) is 1. The van der Waals surface area contributed by atoms with Gasteiger partial charge >= 0.3 is 0 Å². The van der Waals surface area contributed by atoms with Crippen LogP contribution in [-0.2, 0) is 22.6 Å². The molecule has 1 saturated carbocycles. The van der Waals surface area contributed by atoms with Crippen LogP contribution in [0.5, 0.6) is 0 Å². The van der Waals surface area contributed by atoms with E-state index < -0.39 is 0 Å². The Hall–Kier alpha value is -2.47. The van der Waals surface area contributed by atoms with Crippen LogP contribution in [0.15, 0.2) is 60.7 Å². The van der Waals surface area contributed by atoms with Gasteiger partial charge in [-0.2, -0.15) is 0 Å². The first-order chi connectivity index (χ1) is 14.8. The van der Waals surface area contributed by atoms with Crippen molar-refractivity contribution in [2.45, 2.75) is 38.1 Å². The molecule has 0 amide bonds. The highest BCUT2D eigenvalue weighted by Gasteiger charge is 2.30. The number of rotatable bonds is 7. The minimum Gasteiger partial charge on any atom is -0.378 e. The molecule has 5 rings (SSSR count). The van der Waals surface area contributed by atoms with Crippen LogP contribution in [0.4, 0.5) is 5.82 Å². The molecule has 1 N–H and O–H groups in total. The van der Waals surface area contributed by atoms with E-state index in [9.17, 15) is 0 Å². The van der Waals surface area contributed by atoms with Crippen molar-refractivity contribution in [2.24, 2.45) is 0 Å². The second-order valence-corrected chi connectivity index (χ2v) is 8.23. The zero-order valence-corrected chi connectivity index (χ0v) is 17.3. The van der Waals surface area contributed by atoms with Crippen LogP contribution >= 0.6 is 0 Å². The highest BCUT2D eigenvalue weighted by molar-refractivity contribution is 5.81. The number of para-hydroxylation sites is 1. The Balaban J connectivity index is 1.20. The van der Waals surface area contributed by atoms with Gasteiger partial charge < -0.3 is 19.7 Å². The maximum absolute atomic E-state index is 6.05. The number of aromatic nitrogens is 1. The monoisotopic (exact) mass is 403 g/mol. The molecule has 0 spiro atoms. The lowest BCUT2D eigenvalue weighted by molar-refractivity contribution is -0.0269. The van der Waals surface area contributed by atoms with E-state index in [1.54, 1.807) is 0 Å². The summed E-state index contributed by atoms with van der Waals surface area (Å²) >= 11 is 0. The van der Waals surface area contributed by atoms with Gasteiger partial charge in [0.2, 0.25) is 0 Å². The van der Waals surface area contributed by atoms with E-state index in [2.05, 4.69) is 64.8 Å². The fraction of sp³-hybridized carbons (Fsp3) is 0.400. The van der Waals surface area contributed by atoms with Crippen molar-refractivity contribution in [1.29, 1.82) is 0 Å². The SMILES string of the molecule is c1ccc(COC2CC(NCc3cc4ccccc4nc3N3CCOCC3)C2)cc1. The van der Waals surface area contributed by atoms with Crippen LogP contribution in [0.1, 0.15) is 24.0 Å². The molecule has 1 saturated heterocycles. The van der Waals surface area contributed by atoms with Gasteiger partial charge in [-0.1, -0.05) is 48.5 Å². The van der Waals surface area contributed by atoms with Crippen molar-refractivity contribution in [3.8, 4) is 0 Å². The maximum atomic E-state index is 6.05. The molecule has 2 heterocycles. The van der Waals surface area contributed by atoms with E-state index >= 15 is 0 Å². The Morgan fingerprint density at radius 2 is 1.77 bits per heavy atom. The van der Waals surface area contributed by atoms with Gasteiger partial charge in [-0.05, 0) is 30.5 Å². The predicted octanol–water partition coefficient (Wildman–Crippen LogP) is 3.91. The number of ether oxygens (including phenoxy) is 2. The lowest BCUT2D eigenvalue weighted by Crippen LogP contribution is -2.45. The number of hydrogen-bond donors (Lipinski definition) is 1. The molecule has 1 aromatic heterocycles. The molecule has 0 bridgehead atoms. The molecule has 2 aliphatic rings. The molecule has 3 aromatic rings. The number of fused-ring (bicyclic) bond motifs is 1. The minimum absolute atomic E-state index is 0.358. The summed E-state index contributed by atoms with van der Waals surface area (Å²) < 4.78 is 11.6. The summed E-state index contributed by atoms with van der Waals surface area (Å²) in [5.41, 5.74) is 3.57. The largest absolute Gasteiger partial charge is 0.378 e. The van der Waals surface area contributed by atoms with E-state index in [0.717, 1.165) is 57.0 Å². The Morgan fingerprint density at radius 1 is 1.00 bits per heavy atom. The van der Waals surface area contributed by atoms with Crippen molar-refractivity contribution in [3.05, 3.63) is 71.8 Å². The Labute approximate surface area is 178 Å². The van der Waals surface area contributed by atoms with Crippen molar-refractivity contribution >= 4 is 16.7 Å². The molecule has 1 aliphatic heterocycles. The molecule has 30 heavy (non-hydrogen) atoms. The third-order valence-electron chi connectivity index (χ3n) is 6.10. The molecule has 0 atom stereocenters. The Bertz CT molecular complexity index is 967. The molecule has 0 radical (unpaired) electrons. The fourth-order valence-corrected chi connectivity index (χ4v) is 4.24. The van der Waals surface area contributed by atoms with E-state index in [-0.39, 0.29) is 0 Å². The number of morpholine rings is 1. The van der Waals surface area contributed by atoms with Gasteiger partial charge in [0.25, 0.3) is 0 Å². The quantitative estimate of drug-likeness (QED) is 0.648. The number of hydrogen-bond acceptors (Lipinski definition) is 5. The van der Waals surface area contributed by atoms with Crippen molar-refractivity contribution < 1.29 is 9.47 Å². The Morgan fingerprint density at radius 3 is 2.60 bits per heavy atom. The average molecular weight is 404 g/mol. The summed E-state index contributed by atoms with van der Waals surface area (Å²) in [4.78, 5) is 7.36. The maximum Gasteiger partial charge on any atom is 0.133 e. The summed E-state index contributed by atoms with van der Waals surface area (Å²) in [6.07, 6.45) is 2.50. The highest BCUT2D eigenvalue weighted by atomic mass is 16.5. The van der Waals surface area contributed by atoms with Crippen LogP contribution in [-0.4, -0.2) is 43.4 Å². The molecule has 0 unspecified atom stereocenters. The predicted molar refractivity (Wildman–Crippen MR) is 120 cm³/mol. The number of pyridine rings is 1. The summed E-state index contributed by atoms with van der Waals surface area (Å²) in [6.45, 7) is 4.87. The highest BCUT2D eigenvalue weighted by Crippen LogP contribution is 2.28. The van der Waals surface area contributed by atoms with E-state index in [0.29, 0.717) is 18.8 Å². The third kappa shape index (κ3) is 4.48. The van der Waals surface area contributed by atoms with Gasteiger partial charge in [-0.25, -0.2) is 4.98 Å². The van der Waals surface area contributed by atoms with Crippen LogP contribution < -0.4 is 10.2 Å². The van der Waals surface area contributed by atoms with Crippen LogP contribution in [0.2, 0.25) is 0 Å². The molecular formula is C25H29N3O2. The molecular weight excluding hydrogens is 374 g/mol. The first kappa shape index (κ1) is 19.5. The molecule has 2 fully saturated rings. The van der Waals surface area contributed by atoms with Gasteiger partial charge in [0.05, 0.1) is 31.4 Å². The van der Waals surface area contributed by atoms with Gasteiger partial charge in [0.15, 0.2) is 0 Å². The van der Waals surface area contributed by atoms with Gasteiger partial charge in [-0.15, -0.1) is 0 Å². The van der Waals surface area contributed by atoms with Crippen molar-refractivity contribution in [2.75, 3.05) is 31.2 Å². The van der Waals surface area contributed by atoms with E-state index in [1.807, 2.05) is 6.07 Å². The standard InChI is InChI=1S/C25H29N3O2/c1-2-6-19(7-3-1)18-30-23-15-22(16-23)26-17-21-14-20-8-4-5-9-24(20)27-25(21)28-10-12-29-13-11-28/h1-9,14,22-23,26H,10-13,15-18H2. The topological polar surface area (TPSA) is 46.6 Å². The summed E-state index contributed by atoms with van der Waals surface area (Å²) in [5.74, 6) is 1.10. The fourth-order valence-electron chi connectivity index (χ4n) is 4.24. The first-order valence-electron chi connectivity index (χ1n) is 11.0. The lowest BCUT2D eigenvalue weighted by atomic mass is 9.89. The molecule has 1 aliphatic carbocycles. The normalized spacial score (nSPS) is 21.5. The second kappa shape index (κ2) is 9.13. The Kier molecular flexibility index (Phi) is 5.93. The molecule has 5 nitrogen and oxygen atoms in total. The summed E-state index contributed by atoms with van der Waals surface area (Å²) in [7, 11) is 0. The van der Waals surface area contributed by atoms with Gasteiger partial charge in [0, 0.05) is 36.6 Å². The third-order valence-corrected chi connectivity index (χ3v) is 6.10. The number of nitrogens with zero attached hydrogens (tertiary/aromatic N) is 2. The van der Waals surface area contributed by atoms with Gasteiger partial charge in [0.1, 0.15) is 5.82 Å². The van der Waals surface area contributed by atoms with Gasteiger partial charge in [-0.3, -0.25) is 0 Å². The zero-order valence-electron chi connectivity index (χ0n) is 17.3. The van der Waals surface area contributed by atoms with Crippen LogP contribution in [0, 0.1) is 0 Å². The molecule has 5 heteroatoms. The van der Waals surface area contributed by atoms with Crippen LogP contribution in [0.25, 0.3) is 10.9 Å². The van der Waals surface area contributed by atoms with Crippen LogP contribution in [0.3, 0.4) is 0 Å².